The lowest BCUT2D eigenvalue weighted by molar-refractivity contribution is 1.05. The molecule has 0 aliphatic heterocycles. The fraction of sp³-hybridized carbons (Fsp3) is 0.111. The average Bonchev–Trinajstić information content (AvgIpc) is 2.49. The molecule has 2 rings (SSSR count). The molecule has 0 bridgehead atoms. The van der Waals surface area contributed by atoms with Crippen molar-refractivity contribution in [1.82, 2.24) is 9.38 Å². The zero-order valence-corrected chi connectivity index (χ0v) is 8.55. The van der Waals surface area contributed by atoms with E-state index in [1.54, 1.807) is 22.9 Å². The first kappa shape index (κ1) is 9.32. The summed E-state index contributed by atoms with van der Waals surface area (Å²) in [6.07, 6.45) is 3.61. The highest BCUT2D eigenvalue weighted by atomic mass is 35.5. The summed E-state index contributed by atoms with van der Waals surface area (Å²) in [6, 6.07) is 3.68. The van der Waals surface area contributed by atoms with Crippen LogP contribution in [0.4, 0.5) is 0 Å². The Balaban J connectivity index is 2.73. The number of aromatic nitrogens is 2. The van der Waals surface area contributed by atoms with Crippen molar-refractivity contribution < 1.29 is 0 Å². The van der Waals surface area contributed by atoms with E-state index < -0.39 is 0 Å². The first-order valence-electron chi connectivity index (χ1n) is 3.90. The molecule has 2 aromatic rings. The molecule has 0 radical (unpaired) electrons. The van der Waals surface area contributed by atoms with E-state index in [-0.39, 0.29) is 6.42 Å². The molecule has 14 heavy (non-hydrogen) atoms. The molecule has 0 aliphatic rings. The van der Waals surface area contributed by atoms with E-state index in [1.165, 1.54) is 0 Å². The van der Waals surface area contributed by atoms with Crippen molar-refractivity contribution in [2.45, 2.75) is 6.42 Å². The van der Waals surface area contributed by atoms with Gasteiger partial charge in [0, 0.05) is 6.20 Å². The second kappa shape index (κ2) is 3.49. The number of halogens is 2. The number of imidazole rings is 1. The summed E-state index contributed by atoms with van der Waals surface area (Å²) in [5, 5.41) is 9.59. The van der Waals surface area contributed by atoms with E-state index in [1.807, 2.05) is 0 Å². The largest absolute Gasteiger partial charge is 0.300 e. The lowest BCUT2D eigenvalue weighted by Gasteiger charge is -1.99. The van der Waals surface area contributed by atoms with Crippen molar-refractivity contribution in [2.24, 2.45) is 0 Å². The van der Waals surface area contributed by atoms with Crippen molar-refractivity contribution in [2.75, 3.05) is 0 Å². The van der Waals surface area contributed by atoms with Gasteiger partial charge in [0.25, 0.3) is 0 Å². The molecule has 2 aromatic heterocycles. The Morgan fingerprint density at radius 2 is 2.29 bits per heavy atom. The van der Waals surface area contributed by atoms with Crippen LogP contribution in [-0.4, -0.2) is 9.38 Å². The monoisotopic (exact) mass is 225 g/mol. The lowest BCUT2D eigenvalue weighted by Crippen LogP contribution is -1.91. The zero-order valence-electron chi connectivity index (χ0n) is 7.04. The molecule has 0 amide bonds. The fourth-order valence-electron chi connectivity index (χ4n) is 1.27. The quantitative estimate of drug-likeness (QED) is 0.749. The van der Waals surface area contributed by atoms with Crippen LogP contribution >= 0.6 is 23.2 Å². The van der Waals surface area contributed by atoms with Crippen LogP contribution in [-0.2, 0) is 6.42 Å². The van der Waals surface area contributed by atoms with Gasteiger partial charge in [-0.05, 0) is 6.07 Å². The molecule has 70 valence electrons. The third-order valence-corrected chi connectivity index (χ3v) is 2.35. The molecule has 0 aromatic carbocycles. The SMILES string of the molecule is N#CCc1cnc2c(Cl)cc(Cl)cn12. The molecule has 0 unspecified atom stereocenters. The van der Waals surface area contributed by atoms with Crippen molar-refractivity contribution >= 4 is 28.8 Å². The van der Waals surface area contributed by atoms with Crippen molar-refractivity contribution in [3.8, 4) is 6.07 Å². The number of hydrogen-bond donors (Lipinski definition) is 0. The topological polar surface area (TPSA) is 41.1 Å². The minimum atomic E-state index is 0.290. The third-order valence-electron chi connectivity index (χ3n) is 1.86. The Morgan fingerprint density at radius 1 is 1.50 bits per heavy atom. The normalized spacial score (nSPS) is 10.4. The van der Waals surface area contributed by atoms with E-state index in [2.05, 4.69) is 11.1 Å². The summed E-state index contributed by atoms with van der Waals surface area (Å²) in [4.78, 5) is 4.10. The summed E-state index contributed by atoms with van der Waals surface area (Å²) >= 11 is 11.8. The Labute approximate surface area is 90.5 Å². The van der Waals surface area contributed by atoms with Gasteiger partial charge < -0.3 is 4.40 Å². The summed E-state index contributed by atoms with van der Waals surface area (Å²) in [6.45, 7) is 0. The van der Waals surface area contributed by atoms with Crippen LogP contribution in [0.1, 0.15) is 5.69 Å². The molecule has 0 fully saturated rings. The van der Waals surface area contributed by atoms with Crippen LogP contribution in [0.15, 0.2) is 18.5 Å². The molecule has 0 saturated carbocycles. The van der Waals surface area contributed by atoms with Crippen molar-refractivity contribution in [1.29, 1.82) is 5.26 Å². The van der Waals surface area contributed by atoms with Crippen LogP contribution in [0.25, 0.3) is 5.65 Å². The van der Waals surface area contributed by atoms with Gasteiger partial charge in [-0.2, -0.15) is 5.26 Å². The number of fused-ring (bicyclic) bond motifs is 1. The van der Waals surface area contributed by atoms with Gasteiger partial charge in [0.15, 0.2) is 5.65 Å². The molecule has 0 aliphatic carbocycles. The molecule has 3 nitrogen and oxygen atoms in total. The summed E-state index contributed by atoms with van der Waals surface area (Å²) in [5.74, 6) is 0. The van der Waals surface area contributed by atoms with Crippen LogP contribution < -0.4 is 0 Å². The zero-order chi connectivity index (χ0) is 10.1. The third kappa shape index (κ3) is 1.43. The Kier molecular flexibility index (Phi) is 2.32. The summed E-state index contributed by atoms with van der Waals surface area (Å²) in [5.41, 5.74) is 1.41. The van der Waals surface area contributed by atoms with Crippen LogP contribution in [0.3, 0.4) is 0 Å². The Hall–Kier alpha value is -1.24. The average molecular weight is 226 g/mol. The first-order valence-corrected chi connectivity index (χ1v) is 4.66. The van der Waals surface area contributed by atoms with Gasteiger partial charge in [0.2, 0.25) is 0 Å². The Bertz CT molecular complexity index is 525. The maximum atomic E-state index is 8.58. The highest BCUT2D eigenvalue weighted by molar-refractivity contribution is 6.36. The minimum absolute atomic E-state index is 0.290. The fourth-order valence-corrected chi connectivity index (χ4v) is 1.79. The maximum absolute atomic E-state index is 8.58. The van der Waals surface area contributed by atoms with E-state index in [0.717, 1.165) is 5.69 Å². The van der Waals surface area contributed by atoms with Gasteiger partial charge >= 0.3 is 0 Å². The van der Waals surface area contributed by atoms with Gasteiger partial charge in [0.1, 0.15) is 0 Å². The van der Waals surface area contributed by atoms with E-state index in [4.69, 9.17) is 28.5 Å². The molecule has 0 atom stereocenters. The Morgan fingerprint density at radius 3 is 3.00 bits per heavy atom. The smallest absolute Gasteiger partial charge is 0.155 e. The predicted molar refractivity (Wildman–Crippen MR) is 54.5 cm³/mol. The molecular weight excluding hydrogens is 221 g/mol. The highest BCUT2D eigenvalue weighted by Crippen LogP contribution is 2.22. The standard InChI is InChI=1S/C9H5Cl2N3/c10-6-3-8(11)9-13-4-7(1-2-12)14(9)5-6/h3-5H,1H2. The van der Waals surface area contributed by atoms with Crippen LogP contribution in [0.5, 0.6) is 0 Å². The molecule has 5 heteroatoms. The number of nitriles is 1. The predicted octanol–water partition coefficient (Wildman–Crippen LogP) is 2.71. The van der Waals surface area contributed by atoms with E-state index in [9.17, 15) is 0 Å². The second-order valence-electron chi connectivity index (χ2n) is 2.78. The van der Waals surface area contributed by atoms with Crippen LogP contribution in [0, 0.1) is 11.3 Å². The van der Waals surface area contributed by atoms with Crippen molar-refractivity contribution in [3.05, 3.63) is 34.2 Å². The summed E-state index contributed by atoms with van der Waals surface area (Å²) in [7, 11) is 0. The van der Waals surface area contributed by atoms with Crippen molar-refractivity contribution in [3.63, 3.8) is 0 Å². The number of pyridine rings is 1. The molecule has 0 spiro atoms. The second-order valence-corrected chi connectivity index (χ2v) is 3.63. The van der Waals surface area contributed by atoms with Gasteiger partial charge in [0.05, 0.1) is 34.4 Å². The van der Waals surface area contributed by atoms with E-state index >= 15 is 0 Å². The summed E-state index contributed by atoms with van der Waals surface area (Å²) < 4.78 is 1.73. The molecular formula is C9H5Cl2N3. The van der Waals surface area contributed by atoms with Gasteiger partial charge in [-0.3, -0.25) is 0 Å². The number of nitrogens with zero attached hydrogens (tertiary/aromatic N) is 3. The molecule has 2 heterocycles. The highest BCUT2D eigenvalue weighted by Gasteiger charge is 2.07. The molecule has 0 saturated heterocycles. The van der Waals surface area contributed by atoms with Gasteiger partial charge in [-0.1, -0.05) is 23.2 Å². The minimum Gasteiger partial charge on any atom is -0.300 e. The van der Waals surface area contributed by atoms with Gasteiger partial charge in [-0.15, -0.1) is 0 Å². The van der Waals surface area contributed by atoms with E-state index in [0.29, 0.717) is 15.7 Å². The van der Waals surface area contributed by atoms with Crippen LogP contribution in [0.2, 0.25) is 10.0 Å². The maximum Gasteiger partial charge on any atom is 0.155 e. The molecule has 0 N–H and O–H groups in total. The van der Waals surface area contributed by atoms with Gasteiger partial charge in [-0.25, -0.2) is 4.98 Å². The lowest BCUT2D eigenvalue weighted by atomic mass is 10.3. The first-order chi connectivity index (χ1) is 6.72. The number of rotatable bonds is 1. The number of hydrogen-bond acceptors (Lipinski definition) is 2.